The van der Waals surface area contributed by atoms with Crippen molar-refractivity contribution in [2.45, 2.75) is 40.5 Å². The highest BCUT2D eigenvalue weighted by atomic mass is 32.2. The molecule has 0 rings (SSSR count). The summed E-state index contributed by atoms with van der Waals surface area (Å²) in [5.74, 6) is 4.26. The van der Waals surface area contributed by atoms with Gasteiger partial charge in [0.05, 0.1) is 0 Å². The van der Waals surface area contributed by atoms with Gasteiger partial charge in [-0.05, 0) is 49.3 Å². The van der Waals surface area contributed by atoms with E-state index in [1.807, 2.05) is 0 Å². The Labute approximate surface area is 94.4 Å². The summed E-state index contributed by atoms with van der Waals surface area (Å²) in [5, 5.41) is 3.53. The fraction of sp³-hybridized carbons (Fsp3) is 1.00. The lowest BCUT2D eigenvalue weighted by molar-refractivity contribution is 0.355. The number of rotatable bonds is 9. The Kier molecular flexibility index (Phi) is 10.1. The van der Waals surface area contributed by atoms with E-state index in [1.54, 1.807) is 0 Å². The SMILES string of the molecule is CCCNCC(CCSCC)C(C)C. The van der Waals surface area contributed by atoms with Crippen LogP contribution in [0.3, 0.4) is 0 Å². The lowest BCUT2D eigenvalue weighted by atomic mass is 9.93. The lowest BCUT2D eigenvalue weighted by Gasteiger charge is -2.21. The standard InChI is InChI=1S/C12H27NS/c1-5-8-13-10-12(11(3)4)7-9-14-6-2/h11-13H,5-10H2,1-4H3. The normalized spacial score (nSPS) is 13.5. The van der Waals surface area contributed by atoms with E-state index in [4.69, 9.17) is 0 Å². The number of nitrogens with one attached hydrogen (secondary N) is 1. The van der Waals surface area contributed by atoms with Crippen molar-refractivity contribution >= 4 is 11.8 Å². The number of thioether (sulfide) groups is 1. The summed E-state index contributed by atoms with van der Waals surface area (Å²) >= 11 is 2.07. The van der Waals surface area contributed by atoms with E-state index < -0.39 is 0 Å². The van der Waals surface area contributed by atoms with Crippen molar-refractivity contribution in [3.8, 4) is 0 Å². The molecule has 86 valence electrons. The molecule has 0 saturated carbocycles. The molecule has 0 aromatic carbocycles. The molecule has 1 N–H and O–H groups in total. The van der Waals surface area contributed by atoms with Gasteiger partial charge in [0.25, 0.3) is 0 Å². The first-order valence-corrected chi connectivity index (χ1v) is 7.16. The molecule has 0 saturated heterocycles. The topological polar surface area (TPSA) is 12.0 Å². The smallest absolute Gasteiger partial charge is 0.00178 e. The van der Waals surface area contributed by atoms with Gasteiger partial charge in [0.15, 0.2) is 0 Å². The summed E-state index contributed by atoms with van der Waals surface area (Å²) in [6, 6.07) is 0. The van der Waals surface area contributed by atoms with Crippen molar-refractivity contribution in [3.05, 3.63) is 0 Å². The van der Waals surface area contributed by atoms with Crippen LogP contribution in [0.5, 0.6) is 0 Å². The first-order chi connectivity index (χ1) is 6.72. The second-order valence-corrected chi connectivity index (χ2v) is 5.59. The van der Waals surface area contributed by atoms with Crippen molar-refractivity contribution < 1.29 is 0 Å². The van der Waals surface area contributed by atoms with Gasteiger partial charge in [-0.15, -0.1) is 0 Å². The number of hydrogen-bond acceptors (Lipinski definition) is 2. The molecule has 0 aliphatic carbocycles. The van der Waals surface area contributed by atoms with Crippen LogP contribution in [-0.2, 0) is 0 Å². The molecule has 0 spiro atoms. The summed E-state index contributed by atoms with van der Waals surface area (Å²) in [5.41, 5.74) is 0. The van der Waals surface area contributed by atoms with Crippen LogP contribution in [-0.4, -0.2) is 24.6 Å². The average Bonchev–Trinajstić information content (AvgIpc) is 2.15. The van der Waals surface area contributed by atoms with Crippen LogP contribution >= 0.6 is 11.8 Å². The zero-order valence-corrected chi connectivity index (χ0v) is 11.1. The Bertz CT molecular complexity index is 105. The fourth-order valence-electron chi connectivity index (χ4n) is 1.51. The lowest BCUT2D eigenvalue weighted by Crippen LogP contribution is -2.27. The third-order valence-electron chi connectivity index (χ3n) is 2.61. The predicted octanol–water partition coefficient (Wildman–Crippen LogP) is 3.40. The second-order valence-electron chi connectivity index (χ2n) is 4.19. The third kappa shape index (κ3) is 7.69. The molecule has 0 radical (unpaired) electrons. The molecule has 2 heteroatoms. The van der Waals surface area contributed by atoms with Gasteiger partial charge in [0.1, 0.15) is 0 Å². The van der Waals surface area contributed by atoms with Crippen LogP contribution in [0.4, 0.5) is 0 Å². The van der Waals surface area contributed by atoms with Crippen LogP contribution in [0.25, 0.3) is 0 Å². The molecule has 14 heavy (non-hydrogen) atoms. The van der Waals surface area contributed by atoms with E-state index in [2.05, 4.69) is 44.8 Å². The number of hydrogen-bond donors (Lipinski definition) is 1. The monoisotopic (exact) mass is 217 g/mol. The molecule has 0 bridgehead atoms. The van der Waals surface area contributed by atoms with Gasteiger partial charge in [0.2, 0.25) is 0 Å². The van der Waals surface area contributed by atoms with Crippen LogP contribution in [0.15, 0.2) is 0 Å². The second kappa shape index (κ2) is 9.85. The van der Waals surface area contributed by atoms with Crippen LogP contribution in [0, 0.1) is 11.8 Å². The summed E-state index contributed by atoms with van der Waals surface area (Å²) in [6.45, 7) is 11.5. The highest BCUT2D eigenvalue weighted by Crippen LogP contribution is 2.17. The molecular formula is C12H27NS. The molecule has 0 heterocycles. The Morgan fingerprint density at radius 2 is 1.93 bits per heavy atom. The summed E-state index contributed by atoms with van der Waals surface area (Å²) in [4.78, 5) is 0. The van der Waals surface area contributed by atoms with E-state index in [0.29, 0.717) is 0 Å². The summed E-state index contributed by atoms with van der Waals surface area (Å²) in [6.07, 6.45) is 2.61. The Balaban J connectivity index is 3.55. The van der Waals surface area contributed by atoms with E-state index >= 15 is 0 Å². The Morgan fingerprint density at radius 3 is 2.43 bits per heavy atom. The van der Waals surface area contributed by atoms with Crippen molar-refractivity contribution in [1.29, 1.82) is 0 Å². The molecule has 1 atom stereocenters. The van der Waals surface area contributed by atoms with Crippen molar-refractivity contribution in [2.75, 3.05) is 24.6 Å². The van der Waals surface area contributed by atoms with Gasteiger partial charge < -0.3 is 5.32 Å². The minimum absolute atomic E-state index is 0.816. The zero-order chi connectivity index (χ0) is 10.8. The minimum atomic E-state index is 0.816. The van der Waals surface area contributed by atoms with Gasteiger partial charge in [0, 0.05) is 0 Å². The zero-order valence-electron chi connectivity index (χ0n) is 10.3. The summed E-state index contributed by atoms with van der Waals surface area (Å²) in [7, 11) is 0. The van der Waals surface area contributed by atoms with Crippen LogP contribution in [0.2, 0.25) is 0 Å². The Hall–Kier alpha value is 0.310. The maximum Gasteiger partial charge on any atom is -0.00178 e. The highest BCUT2D eigenvalue weighted by Gasteiger charge is 2.11. The van der Waals surface area contributed by atoms with E-state index in [1.165, 1.54) is 37.4 Å². The molecule has 0 aliphatic rings. The first kappa shape index (κ1) is 14.3. The van der Waals surface area contributed by atoms with Gasteiger partial charge in [-0.2, -0.15) is 11.8 Å². The maximum absolute atomic E-state index is 3.53. The minimum Gasteiger partial charge on any atom is -0.316 e. The maximum atomic E-state index is 3.53. The van der Waals surface area contributed by atoms with E-state index in [-0.39, 0.29) is 0 Å². The summed E-state index contributed by atoms with van der Waals surface area (Å²) < 4.78 is 0. The van der Waals surface area contributed by atoms with Gasteiger partial charge in [-0.25, -0.2) is 0 Å². The molecule has 0 aromatic heterocycles. The quantitative estimate of drug-likeness (QED) is 0.594. The fourth-order valence-corrected chi connectivity index (χ4v) is 2.27. The van der Waals surface area contributed by atoms with Crippen LogP contribution < -0.4 is 5.32 Å². The Morgan fingerprint density at radius 1 is 1.21 bits per heavy atom. The molecule has 0 fully saturated rings. The van der Waals surface area contributed by atoms with Crippen molar-refractivity contribution in [3.63, 3.8) is 0 Å². The largest absolute Gasteiger partial charge is 0.316 e. The van der Waals surface area contributed by atoms with E-state index in [0.717, 1.165) is 11.8 Å². The molecule has 0 aromatic rings. The third-order valence-corrected chi connectivity index (χ3v) is 3.55. The molecule has 0 amide bonds. The first-order valence-electron chi connectivity index (χ1n) is 6.00. The van der Waals surface area contributed by atoms with Crippen molar-refractivity contribution in [2.24, 2.45) is 11.8 Å². The van der Waals surface area contributed by atoms with Gasteiger partial charge >= 0.3 is 0 Å². The molecular weight excluding hydrogens is 190 g/mol. The van der Waals surface area contributed by atoms with Gasteiger partial charge in [-0.3, -0.25) is 0 Å². The highest BCUT2D eigenvalue weighted by molar-refractivity contribution is 7.99. The van der Waals surface area contributed by atoms with Crippen molar-refractivity contribution in [1.82, 2.24) is 5.32 Å². The molecule has 1 nitrogen and oxygen atoms in total. The van der Waals surface area contributed by atoms with Gasteiger partial charge in [-0.1, -0.05) is 27.7 Å². The predicted molar refractivity (Wildman–Crippen MR) is 69.1 cm³/mol. The molecule has 0 aliphatic heterocycles. The average molecular weight is 217 g/mol. The van der Waals surface area contributed by atoms with E-state index in [9.17, 15) is 0 Å². The molecule has 1 unspecified atom stereocenters. The van der Waals surface area contributed by atoms with Crippen LogP contribution in [0.1, 0.15) is 40.5 Å².